The summed E-state index contributed by atoms with van der Waals surface area (Å²) in [4.78, 5) is -0.0731. The van der Waals surface area contributed by atoms with Crippen LogP contribution in [0.5, 0.6) is 0 Å². The fourth-order valence-electron chi connectivity index (χ4n) is 1.64. The van der Waals surface area contributed by atoms with E-state index in [1.54, 1.807) is 0 Å². The Kier molecular flexibility index (Phi) is 3.75. The van der Waals surface area contributed by atoms with Gasteiger partial charge in [-0.3, -0.25) is 0 Å². The van der Waals surface area contributed by atoms with Crippen LogP contribution in [0.15, 0.2) is 60.7 Å². The van der Waals surface area contributed by atoms with Crippen LogP contribution in [0.1, 0.15) is 22.1 Å². The van der Waals surface area contributed by atoms with Crippen molar-refractivity contribution in [3.8, 4) is 0 Å². The van der Waals surface area contributed by atoms with Crippen molar-refractivity contribution >= 4 is 15.9 Å². The monoisotopic (exact) mass is 276 g/mol. The Morgan fingerprint density at radius 2 is 1.19 bits per heavy atom. The molecule has 1 N–H and O–H groups in total. The van der Waals surface area contributed by atoms with Crippen LogP contribution in [0, 0.1) is 0 Å². The molecule has 2 atom stereocenters. The van der Waals surface area contributed by atoms with Gasteiger partial charge in [0.15, 0.2) is 0 Å². The fraction of sp³-hybridized carbons (Fsp3) is 0.143. The Labute approximate surface area is 104 Å². The minimum atomic E-state index is -0.524. The van der Waals surface area contributed by atoms with Crippen LogP contribution >= 0.6 is 15.9 Å². The van der Waals surface area contributed by atoms with Gasteiger partial charge < -0.3 is 5.11 Å². The van der Waals surface area contributed by atoms with Crippen LogP contribution < -0.4 is 0 Å². The third-order valence-corrected chi connectivity index (χ3v) is 3.57. The van der Waals surface area contributed by atoms with E-state index in [9.17, 15) is 5.11 Å². The van der Waals surface area contributed by atoms with Crippen LogP contribution in [-0.4, -0.2) is 5.11 Å². The van der Waals surface area contributed by atoms with Crippen LogP contribution in [0.4, 0.5) is 0 Å². The largest absolute Gasteiger partial charge is 0.387 e. The van der Waals surface area contributed by atoms with Crippen molar-refractivity contribution in [2.45, 2.75) is 10.9 Å². The summed E-state index contributed by atoms with van der Waals surface area (Å²) in [6, 6.07) is 19.6. The van der Waals surface area contributed by atoms with Crippen molar-refractivity contribution in [1.29, 1.82) is 0 Å². The average Bonchev–Trinajstić information content (AvgIpc) is 2.39. The molecule has 0 amide bonds. The minimum Gasteiger partial charge on any atom is -0.387 e. The lowest BCUT2D eigenvalue weighted by atomic mass is 10.0. The quantitative estimate of drug-likeness (QED) is 0.845. The second-order valence-corrected chi connectivity index (χ2v) is 4.65. The summed E-state index contributed by atoms with van der Waals surface area (Å²) in [5, 5.41) is 10.2. The number of aliphatic hydroxyl groups is 1. The van der Waals surface area contributed by atoms with Crippen molar-refractivity contribution in [2.75, 3.05) is 0 Å². The molecule has 0 aliphatic rings. The van der Waals surface area contributed by atoms with Crippen molar-refractivity contribution in [2.24, 2.45) is 0 Å². The summed E-state index contributed by atoms with van der Waals surface area (Å²) in [5.74, 6) is 0. The lowest BCUT2D eigenvalue weighted by molar-refractivity contribution is 0.177. The fourth-order valence-corrected chi connectivity index (χ4v) is 2.25. The number of benzene rings is 2. The number of aliphatic hydroxyl groups excluding tert-OH is 1. The Hall–Kier alpha value is -1.12. The zero-order valence-corrected chi connectivity index (χ0v) is 10.3. The van der Waals surface area contributed by atoms with Crippen LogP contribution in [0.25, 0.3) is 0 Å². The second-order valence-electron chi connectivity index (χ2n) is 3.67. The van der Waals surface area contributed by atoms with Gasteiger partial charge in [-0.15, -0.1) is 0 Å². The zero-order chi connectivity index (χ0) is 11.4. The molecule has 0 radical (unpaired) electrons. The Morgan fingerprint density at radius 3 is 1.69 bits per heavy atom. The molecule has 0 aliphatic carbocycles. The van der Waals surface area contributed by atoms with Crippen LogP contribution in [-0.2, 0) is 0 Å². The van der Waals surface area contributed by atoms with Crippen LogP contribution in [0.2, 0.25) is 0 Å². The van der Waals surface area contributed by atoms with E-state index in [1.807, 2.05) is 60.7 Å². The van der Waals surface area contributed by atoms with E-state index < -0.39 is 6.10 Å². The van der Waals surface area contributed by atoms with Gasteiger partial charge in [-0.2, -0.15) is 0 Å². The van der Waals surface area contributed by atoms with E-state index in [2.05, 4.69) is 15.9 Å². The molecule has 0 heterocycles. The van der Waals surface area contributed by atoms with Gasteiger partial charge in [0.25, 0.3) is 0 Å². The SMILES string of the molecule is O[C@@H](c1ccccc1)[C@H](Br)c1ccccc1. The summed E-state index contributed by atoms with van der Waals surface area (Å²) >= 11 is 3.54. The van der Waals surface area contributed by atoms with Gasteiger partial charge in [0.2, 0.25) is 0 Å². The first-order chi connectivity index (χ1) is 7.79. The van der Waals surface area contributed by atoms with Crippen molar-refractivity contribution in [1.82, 2.24) is 0 Å². The van der Waals surface area contributed by atoms with Crippen molar-refractivity contribution < 1.29 is 5.11 Å². The van der Waals surface area contributed by atoms with Crippen LogP contribution in [0.3, 0.4) is 0 Å². The predicted octanol–water partition coefficient (Wildman–Crippen LogP) is 3.86. The molecule has 82 valence electrons. The standard InChI is InChI=1S/C14H13BrO/c15-13(11-7-3-1-4-8-11)14(16)12-9-5-2-6-10-12/h1-10,13-14,16H/t13-,14+/m1/s1. The van der Waals surface area contributed by atoms with Gasteiger partial charge in [0, 0.05) is 0 Å². The summed E-state index contributed by atoms with van der Waals surface area (Å²) in [6.07, 6.45) is -0.524. The molecular weight excluding hydrogens is 264 g/mol. The third kappa shape index (κ3) is 2.52. The first-order valence-corrected chi connectivity index (χ1v) is 6.12. The van der Waals surface area contributed by atoms with Crippen molar-refractivity contribution in [3.05, 3.63) is 71.8 Å². The Balaban J connectivity index is 2.20. The topological polar surface area (TPSA) is 20.2 Å². The van der Waals surface area contributed by atoms with E-state index in [-0.39, 0.29) is 4.83 Å². The highest BCUT2D eigenvalue weighted by molar-refractivity contribution is 9.09. The highest BCUT2D eigenvalue weighted by Gasteiger charge is 2.18. The van der Waals surface area contributed by atoms with Gasteiger partial charge in [0.1, 0.15) is 0 Å². The lowest BCUT2D eigenvalue weighted by Crippen LogP contribution is -2.04. The summed E-state index contributed by atoms with van der Waals surface area (Å²) in [7, 11) is 0. The van der Waals surface area contributed by atoms with E-state index in [1.165, 1.54) is 0 Å². The molecule has 0 unspecified atom stereocenters. The Bertz CT molecular complexity index is 384. The molecule has 0 fully saturated rings. The minimum absolute atomic E-state index is 0.0731. The molecule has 0 bridgehead atoms. The summed E-state index contributed by atoms with van der Waals surface area (Å²) in [6.45, 7) is 0. The number of rotatable bonds is 3. The molecule has 1 nitrogen and oxygen atoms in total. The first kappa shape index (κ1) is 11.4. The molecule has 0 aromatic heterocycles. The van der Waals surface area contributed by atoms with Crippen molar-refractivity contribution in [3.63, 3.8) is 0 Å². The van der Waals surface area contributed by atoms with Gasteiger partial charge in [-0.1, -0.05) is 76.6 Å². The highest BCUT2D eigenvalue weighted by atomic mass is 79.9. The van der Waals surface area contributed by atoms with Gasteiger partial charge in [-0.25, -0.2) is 0 Å². The van der Waals surface area contributed by atoms with Gasteiger partial charge in [-0.05, 0) is 11.1 Å². The number of alkyl halides is 1. The normalized spacial score (nSPS) is 14.4. The van der Waals surface area contributed by atoms with E-state index in [0.29, 0.717) is 0 Å². The predicted molar refractivity (Wildman–Crippen MR) is 69.5 cm³/mol. The molecule has 2 aromatic rings. The summed E-state index contributed by atoms with van der Waals surface area (Å²) < 4.78 is 0. The van der Waals surface area contributed by atoms with Gasteiger partial charge in [0.05, 0.1) is 10.9 Å². The molecule has 0 aliphatic heterocycles. The smallest absolute Gasteiger partial charge is 0.0955 e. The van der Waals surface area contributed by atoms with Gasteiger partial charge >= 0.3 is 0 Å². The van der Waals surface area contributed by atoms with E-state index >= 15 is 0 Å². The molecule has 0 spiro atoms. The maximum absolute atomic E-state index is 10.2. The average molecular weight is 277 g/mol. The van der Waals surface area contributed by atoms with E-state index in [4.69, 9.17) is 0 Å². The third-order valence-electron chi connectivity index (χ3n) is 2.54. The lowest BCUT2D eigenvalue weighted by Gasteiger charge is -2.17. The molecule has 16 heavy (non-hydrogen) atoms. The number of halogens is 1. The zero-order valence-electron chi connectivity index (χ0n) is 8.75. The highest BCUT2D eigenvalue weighted by Crippen LogP contribution is 2.35. The number of hydrogen-bond donors (Lipinski definition) is 1. The molecule has 0 saturated heterocycles. The maximum Gasteiger partial charge on any atom is 0.0955 e. The number of hydrogen-bond acceptors (Lipinski definition) is 1. The summed E-state index contributed by atoms with van der Waals surface area (Å²) in [5.41, 5.74) is 2.01. The second kappa shape index (κ2) is 5.28. The Morgan fingerprint density at radius 1 is 0.750 bits per heavy atom. The first-order valence-electron chi connectivity index (χ1n) is 5.21. The molecule has 2 heteroatoms. The molecule has 0 saturated carbocycles. The van der Waals surface area contributed by atoms with E-state index in [0.717, 1.165) is 11.1 Å². The maximum atomic E-state index is 10.2. The molecule has 2 aromatic carbocycles. The molecular formula is C14H13BrO. The molecule has 2 rings (SSSR count).